The maximum atomic E-state index is 5.14. The standard InChI is InChI=1S/C52H72N4S3/c1-7-9-11-13-15-17-19-21-23-25-27-39-30-40(28-26-24-22-20-18-16-14-12-10-8-2)32-41(31-39)33-42-43-29-35(3)57-51(43)52-44(42)34-45(58-52)46-49-47(53-37(5)38(6)54-49)36(4)48-50(46)56-59-55-48/h29,33-34,39-41H,3-4,7-28,30-32H2,1-2,5-6H3/b42-33-,46-45+/t39-,40?,41?/m1/s1. The fraction of sp³-hybridized carbons (Fsp3) is 0.615. The molecule has 4 heterocycles. The second kappa shape index (κ2) is 21.9. The van der Waals surface area contributed by atoms with Crippen molar-refractivity contribution < 1.29 is 0 Å². The van der Waals surface area contributed by atoms with Gasteiger partial charge in [-0.25, -0.2) is 9.97 Å². The van der Waals surface area contributed by atoms with Crippen molar-refractivity contribution in [1.82, 2.24) is 18.7 Å². The molecular formula is C52H72N4S3. The molecule has 2 aliphatic rings. The molecule has 7 heteroatoms. The summed E-state index contributed by atoms with van der Waals surface area (Å²) in [6, 6.07) is 4.80. The number of benzene rings is 1. The molecular weight excluding hydrogens is 777 g/mol. The highest BCUT2D eigenvalue weighted by atomic mass is 32.1. The van der Waals surface area contributed by atoms with Crippen LogP contribution < -0.4 is 9.75 Å². The Labute approximate surface area is 367 Å². The summed E-state index contributed by atoms with van der Waals surface area (Å²) in [5.41, 5.74) is 9.59. The molecule has 0 radical (unpaired) electrons. The highest BCUT2D eigenvalue weighted by Gasteiger charge is 2.30. The molecule has 4 nitrogen and oxygen atoms in total. The first-order valence-electron chi connectivity index (χ1n) is 23.9. The summed E-state index contributed by atoms with van der Waals surface area (Å²) in [7, 11) is 0. The summed E-state index contributed by atoms with van der Waals surface area (Å²) < 4.78 is 14.7. The Hall–Kier alpha value is -2.74. The van der Waals surface area contributed by atoms with Crippen LogP contribution in [0.4, 0.5) is 0 Å². The minimum Gasteiger partial charge on any atom is -0.249 e. The predicted octanol–water partition coefficient (Wildman–Crippen LogP) is 15.2. The van der Waals surface area contributed by atoms with Gasteiger partial charge in [-0.2, -0.15) is 8.75 Å². The van der Waals surface area contributed by atoms with Crippen LogP contribution in [0.1, 0.15) is 197 Å². The zero-order chi connectivity index (χ0) is 41.1. The van der Waals surface area contributed by atoms with E-state index in [0.29, 0.717) is 5.92 Å². The van der Waals surface area contributed by atoms with Crippen LogP contribution in [0, 0.1) is 50.4 Å². The number of aryl methyl sites for hydroxylation is 2. The van der Waals surface area contributed by atoms with Gasteiger partial charge in [-0.15, -0.1) is 22.7 Å². The quantitative estimate of drug-likeness (QED) is 0.0603. The van der Waals surface area contributed by atoms with Crippen molar-refractivity contribution >= 4 is 75.2 Å². The van der Waals surface area contributed by atoms with Crippen LogP contribution in [0.2, 0.25) is 0 Å². The van der Waals surface area contributed by atoms with Gasteiger partial charge in [0.25, 0.3) is 0 Å². The average Bonchev–Trinajstić information content (AvgIpc) is 4.02. The third-order valence-electron chi connectivity index (χ3n) is 13.7. The lowest BCUT2D eigenvalue weighted by molar-refractivity contribution is 0.198. The molecule has 1 aromatic carbocycles. The minimum absolute atomic E-state index is 0.618. The van der Waals surface area contributed by atoms with E-state index in [1.165, 1.54) is 203 Å². The zero-order valence-electron chi connectivity index (χ0n) is 37.1. The normalized spacial score (nSPS) is 19.1. The number of thiophene rings is 2. The highest BCUT2D eigenvalue weighted by Crippen LogP contribution is 2.44. The molecule has 318 valence electrons. The molecule has 0 bridgehead atoms. The molecule has 2 aliphatic carbocycles. The lowest BCUT2D eigenvalue weighted by Crippen LogP contribution is -2.22. The summed E-state index contributed by atoms with van der Waals surface area (Å²) >= 11 is 5.00. The maximum Gasteiger partial charge on any atom is 0.116 e. The number of hydrogen-bond donors (Lipinski definition) is 0. The van der Waals surface area contributed by atoms with Gasteiger partial charge in [0.15, 0.2) is 0 Å². The summed E-state index contributed by atoms with van der Waals surface area (Å²) in [4.78, 5) is 10.1. The molecule has 0 saturated heterocycles. The Morgan fingerprint density at radius 2 is 1.07 bits per heavy atom. The van der Waals surface area contributed by atoms with E-state index in [-0.39, 0.29) is 0 Å². The van der Waals surface area contributed by atoms with Gasteiger partial charge in [-0.05, 0) is 68.6 Å². The first-order valence-corrected chi connectivity index (χ1v) is 26.3. The maximum absolute atomic E-state index is 5.14. The van der Waals surface area contributed by atoms with Gasteiger partial charge < -0.3 is 0 Å². The van der Waals surface area contributed by atoms with Gasteiger partial charge >= 0.3 is 0 Å². The summed E-state index contributed by atoms with van der Waals surface area (Å²) in [5.74, 6) is 2.31. The number of hydrogen-bond acceptors (Lipinski definition) is 7. The number of fused-ring (bicyclic) bond motifs is 4. The van der Waals surface area contributed by atoms with Crippen LogP contribution in [0.3, 0.4) is 0 Å². The van der Waals surface area contributed by atoms with E-state index in [1.54, 1.807) is 0 Å². The molecule has 0 N–H and O–H groups in total. The molecule has 0 amide bonds. The van der Waals surface area contributed by atoms with E-state index in [0.717, 1.165) is 60.3 Å². The van der Waals surface area contributed by atoms with E-state index in [9.17, 15) is 0 Å². The van der Waals surface area contributed by atoms with Gasteiger partial charge in [-0.1, -0.05) is 174 Å². The molecule has 7 rings (SSSR count). The highest BCUT2D eigenvalue weighted by molar-refractivity contribution is 7.12. The van der Waals surface area contributed by atoms with Gasteiger partial charge in [0, 0.05) is 30.6 Å². The van der Waals surface area contributed by atoms with E-state index >= 15 is 0 Å². The van der Waals surface area contributed by atoms with Crippen molar-refractivity contribution in [1.29, 1.82) is 0 Å². The van der Waals surface area contributed by atoms with Crippen molar-refractivity contribution in [3.05, 3.63) is 69.3 Å². The minimum atomic E-state index is 0.618. The smallest absolute Gasteiger partial charge is 0.116 e. The Kier molecular flexibility index (Phi) is 16.4. The Morgan fingerprint density at radius 3 is 1.64 bits per heavy atom. The Balaban J connectivity index is 1.12. The van der Waals surface area contributed by atoms with Crippen molar-refractivity contribution in [2.75, 3.05) is 0 Å². The largest absolute Gasteiger partial charge is 0.249 e. The van der Waals surface area contributed by atoms with Crippen molar-refractivity contribution in [2.24, 2.45) is 17.8 Å². The number of nitrogens with zero attached hydrogens (tertiary/aromatic N) is 4. The average molecular weight is 849 g/mol. The number of unbranched alkanes of at least 4 members (excludes halogenated alkanes) is 18. The predicted molar refractivity (Wildman–Crippen MR) is 259 cm³/mol. The molecule has 1 fully saturated rings. The fourth-order valence-electron chi connectivity index (χ4n) is 10.3. The van der Waals surface area contributed by atoms with Crippen molar-refractivity contribution in [2.45, 2.75) is 188 Å². The molecule has 5 aromatic rings. The SMILES string of the molecule is C=c1cc2c(s1)=c1s/c(=c3/c4nsnc4c(=C)c4nc(C)c(C)nc34)cc1/C2=C\C1CC(CCCCCCCCCCCC)C[C@@H](CCCCCCCCCCCC)C1. The van der Waals surface area contributed by atoms with Crippen molar-refractivity contribution in [3.8, 4) is 0 Å². The third-order valence-corrected chi connectivity index (χ3v) is 16.5. The van der Waals surface area contributed by atoms with E-state index in [4.69, 9.17) is 18.7 Å². The molecule has 0 spiro atoms. The molecule has 59 heavy (non-hydrogen) atoms. The number of aromatic nitrogens is 4. The summed E-state index contributed by atoms with van der Waals surface area (Å²) in [6.45, 7) is 17.6. The lowest BCUT2D eigenvalue weighted by Gasteiger charge is -2.34. The van der Waals surface area contributed by atoms with E-state index in [1.807, 2.05) is 29.6 Å². The molecule has 0 aliphatic heterocycles. The van der Waals surface area contributed by atoms with Gasteiger partial charge in [0.1, 0.15) is 16.6 Å². The molecule has 4 aromatic heterocycles. The molecule has 1 saturated carbocycles. The van der Waals surface area contributed by atoms with E-state index < -0.39 is 0 Å². The van der Waals surface area contributed by atoms with Gasteiger partial charge in [0.2, 0.25) is 0 Å². The zero-order valence-corrected chi connectivity index (χ0v) is 39.5. The Bertz CT molecular complexity index is 2440. The van der Waals surface area contributed by atoms with Crippen LogP contribution in [-0.4, -0.2) is 18.7 Å². The second-order valence-electron chi connectivity index (χ2n) is 18.4. The van der Waals surface area contributed by atoms with Crippen LogP contribution in [0.15, 0.2) is 18.2 Å². The Morgan fingerprint density at radius 1 is 0.576 bits per heavy atom. The molecule has 2 unspecified atom stereocenters. The fourth-order valence-corrected chi connectivity index (χ4v) is 13.2. The van der Waals surface area contributed by atoms with E-state index in [2.05, 4.69) is 52.1 Å². The van der Waals surface area contributed by atoms with Gasteiger partial charge in [-0.3, -0.25) is 0 Å². The van der Waals surface area contributed by atoms with Crippen LogP contribution >= 0.6 is 34.4 Å². The number of allylic oxidation sites excluding steroid dienone is 1. The van der Waals surface area contributed by atoms with Crippen LogP contribution in [0.5, 0.6) is 0 Å². The van der Waals surface area contributed by atoms with Crippen molar-refractivity contribution in [3.63, 3.8) is 0 Å². The monoisotopic (exact) mass is 848 g/mol. The van der Waals surface area contributed by atoms with Crippen LogP contribution in [0.25, 0.3) is 40.8 Å². The van der Waals surface area contributed by atoms with Crippen LogP contribution in [-0.2, 0) is 0 Å². The first-order chi connectivity index (χ1) is 28.9. The lowest BCUT2D eigenvalue weighted by atomic mass is 9.71. The third kappa shape index (κ3) is 11.0. The van der Waals surface area contributed by atoms with Gasteiger partial charge in [0.05, 0.1) is 37.7 Å². The summed E-state index contributed by atoms with van der Waals surface area (Å²) in [6.07, 6.45) is 38.0. The topological polar surface area (TPSA) is 51.6 Å². The second-order valence-corrected chi connectivity index (χ2v) is 21.2. The summed E-state index contributed by atoms with van der Waals surface area (Å²) in [5, 5.41) is 1.89. The number of rotatable bonds is 23. The molecule has 3 atom stereocenters. The first kappa shape index (κ1) is 44.3.